The van der Waals surface area contributed by atoms with Crippen LogP contribution in [0.2, 0.25) is 0 Å². The van der Waals surface area contributed by atoms with Crippen LogP contribution in [-0.4, -0.2) is 42.1 Å². The van der Waals surface area contributed by atoms with Gasteiger partial charge in [0.25, 0.3) is 5.69 Å². The molecule has 35 heavy (non-hydrogen) atoms. The topological polar surface area (TPSA) is 88.8 Å². The second-order valence-corrected chi connectivity index (χ2v) is 8.32. The van der Waals surface area contributed by atoms with Crippen LogP contribution in [0.15, 0.2) is 60.8 Å². The van der Waals surface area contributed by atoms with Crippen molar-refractivity contribution < 1.29 is 14.5 Å². The molecule has 0 saturated carbocycles. The van der Waals surface area contributed by atoms with E-state index in [4.69, 9.17) is 4.74 Å². The largest absolute Gasteiger partial charge is 0.439 e. The first kappa shape index (κ1) is 24.2. The van der Waals surface area contributed by atoms with Gasteiger partial charge in [0, 0.05) is 55.4 Å². The third-order valence-corrected chi connectivity index (χ3v) is 6.70. The van der Waals surface area contributed by atoms with Crippen molar-refractivity contribution in [1.82, 2.24) is 4.98 Å². The van der Waals surface area contributed by atoms with E-state index in [0.29, 0.717) is 29.9 Å². The second kappa shape index (κ2) is 9.74. The Morgan fingerprint density at radius 1 is 0.914 bits per heavy atom. The zero-order valence-electron chi connectivity index (χ0n) is 20.5. The van der Waals surface area contributed by atoms with Gasteiger partial charge in [0.15, 0.2) is 0 Å². The van der Waals surface area contributed by atoms with Gasteiger partial charge in [-0.2, -0.15) is 0 Å². The molecule has 0 radical (unpaired) electrons. The molecule has 4 rings (SSSR count). The Hall–Kier alpha value is -3.94. The Labute approximate surface area is 205 Å². The van der Waals surface area contributed by atoms with Gasteiger partial charge in [0.1, 0.15) is 5.69 Å². The Bertz CT molecular complexity index is 1240. The van der Waals surface area contributed by atoms with E-state index < -0.39 is 16.5 Å². The number of cyclic esters (lactones) is 1. The van der Waals surface area contributed by atoms with Crippen molar-refractivity contribution >= 4 is 23.0 Å². The summed E-state index contributed by atoms with van der Waals surface area (Å²) < 4.78 is 6.06. The number of hydrogen-bond donors (Lipinski definition) is 0. The molecule has 0 fully saturated rings. The predicted molar refractivity (Wildman–Crippen MR) is 136 cm³/mol. The molecule has 0 bridgehead atoms. The first-order valence-corrected chi connectivity index (χ1v) is 12.0. The summed E-state index contributed by atoms with van der Waals surface area (Å²) in [6, 6.07) is 16.0. The Balaban J connectivity index is 1.98. The molecule has 1 unspecified atom stereocenters. The molecule has 1 aliphatic heterocycles. The number of rotatable bonds is 9. The van der Waals surface area contributed by atoms with Crippen LogP contribution in [-0.2, 0) is 10.3 Å². The number of hydrogen-bond acceptors (Lipinski definition) is 7. The molecule has 0 saturated heterocycles. The standard InChI is InChI=1S/C27H30N4O4/c1-5-29(6-2)20-13-11-19(12-14-20)27(25-22(26(32)35-27)10-9-17-28-25)23-16-15-21(30(7-3)8-4)18-24(23)31(33)34/h9-18H,5-8H2,1-4H3. The van der Waals surface area contributed by atoms with Gasteiger partial charge >= 0.3 is 5.97 Å². The van der Waals surface area contributed by atoms with Crippen molar-refractivity contribution in [2.24, 2.45) is 0 Å². The van der Waals surface area contributed by atoms with Crippen molar-refractivity contribution in [3.05, 3.63) is 93.3 Å². The van der Waals surface area contributed by atoms with Crippen molar-refractivity contribution in [2.75, 3.05) is 36.0 Å². The number of nitrogens with zero attached hydrogens (tertiary/aromatic N) is 4. The fourth-order valence-electron chi connectivity index (χ4n) is 4.88. The van der Waals surface area contributed by atoms with Crippen LogP contribution in [0, 0.1) is 10.1 Å². The molecule has 0 spiro atoms. The molecule has 8 nitrogen and oxygen atoms in total. The average Bonchev–Trinajstić information content (AvgIpc) is 3.19. The Morgan fingerprint density at radius 2 is 1.51 bits per heavy atom. The minimum absolute atomic E-state index is 0.117. The SMILES string of the molecule is CCN(CC)c1ccc(C2(c3ccc(N(CC)CC)cc3[N+](=O)[O-])OC(=O)c3cccnc32)cc1. The molecule has 0 amide bonds. The lowest BCUT2D eigenvalue weighted by Crippen LogP contribution is -2.32. The van der Waals surface area contributed by atoms with E-state index in [9.17, 15) is 14.9 Å². The quantitative estimate of drug-likeness (QED) is 0.241. The van der Waals surface area contributed by atoms with Gasteiger partial charge in [-0.1, -0.05) is 12.1 Å². The number of pyridine rings is 1. The molecule has 182 valence electrons. The zero-order chi connectivity index (χ0) is 25.2. The van der Waals surface area contributed by atoms with E-state index in [1.165, 1.54) is 0 Å². The van der Waals surface area contributed by atoms with Crippen LogP contribution >= 0.6 is 0 Å². The summed E-state index contributed by atoms with van der Waals surface area (Å²) >= 11 is 0. The van der Waals surface area contributed by atoms with E-state index >= 15 is 0 Å². The molecule has 2 aromatic carbocycles. The number of ether oxygens (including phenoxy) is 1. The normalized spacial score (nSPS) is 16.5. The summed E-state index contributed by atoms with van der Waals surface area (Å²) in [5, 5.41) is 12.3. The van der Waals surface area contributed by atoms with E-state index in [-0.39, 0.29) is 11.3 Å². The fourth-order valence-corrected chi connectivity index (χ4v) is 4.88. The molecular formula is C27H30N4O4. The lowest BCUT2D eigenvalue weighted by Gasteiger charge is -2.30. The number of benzene rings is 2. The minimum Gasteiger partial charge on any atom is -0.439 e. The smallest absolute Gasteiger partial charge is 0.341 e. The van der Waals surface area contributed by atoms with E-state index in [2.05, 4.69) is 23.7 Å². The highest BCUT2D eigenvalue weighted by Crippen LogP contribution is 2.49. The molecule has 0 aliphatic carbocycles. The highest BCUT2D eigenvalue weighted by Gasteiger charge is 2.53. The maximum atomic E-state index is 13.0. The Kier molecular flexibility index (Phi) is 6.73. The molecule has 3 aromatic rings. The maximum absolute atomic E-state index is 13.0. The molecule has 1 aromatic heterocycles. The molecular weight excluding hydrogens is 444 g/mol. The van der Waals surface area contributed by atoms with Gasteiger partial charge in [-0.05, 0) is 64.1 Å². The molecule has 8 heteroatoms. The van der Waals surface area contributed by atoms with Crippen molar-refractivity contribution in [3.63, 3.8) is 0 Å². The molecule has 0 N–H and O–H groups in total. The van der Waals surface area contributed by atoms with Gasteiger partial charge in [-0.3, -0.25) is 15.1 Å². The number of carbonyl (C=O) groups excluding carboxylic acids is 1. The van der Waals surface area contributed by atoms with Crippen LogP contribution in [0.1, 0.15) is 54.9 Å². The van der Waals surface area contributed by atoms with Gasteiger partial charge in [0.05, 0.1) is 16.1 Å². The van der Waals surface area contributed by atoms with Crippen LogP contribution in [0.4, 0.5) is 17.1 Å². The summed E-state index contributed by atoms with van der Waals surface area (Å²) in [6.45, 7) is 11.3. The first-order valence-electron chi connectivity index (χ1n) is 12.0. The van der Waals surface area contributed by atoms with Gasteiger partial charge < -0.3 is 14.5 Å². The van der Waals surface area contributed by atoms with E-state index in [0.717, 1.165) is 24.5 Å². The lowest BCUT2D eigenvalue weighted by atomic mass is 9.81. The first-order chi connectivity index (χ1) is 16.9. The van der Waals surface area contributed by atoms with Crippen molar-refractivity contribution in [1.29, 1.82) is 0 Å². The monoisotopic (exact) mass is 474 g/mol. The summed E-state index contributed by atoms with van der Waals surface area (Å²) in [5.41, 5.74) is 1.67. The van der Waals surface area contributed by atoms with Gasteiger partial charge in [0.2, 0.25) is 5.60 Å². The third kappa shape index (κ3) is 3.99. The molecule has 1 aliphatic rings. The fraction of sp³-hybridized carbons (Fsp3) is 0.333. The van der Waals surface area contributed by atoms with Crippen molar-refractivity contribution in [3.8, 4) is 0 Å². The summed E-state index contributed by atoms with van der Waals surface area (Å²) in [7, 11) is 0. The highest BCUT2D eigenvalue weighted by atomic mass is 16.6. The van der Waals surface area contributed by atoms with Crippen LogP contribution < -0.4 is 9.80 Å². The summed E-state index contributed by atoms with van der Waals surface area (Å²) in [6.07, 6.45) is 1.58. The average molecular weight is 475 g/mol. The number of anilines is 2. The third-order valence-electron chi connectivity index (χ3n) is 6.70. The van der Waals surface area contributed by atoms with Crippen LogP contribution in [0.3, 0.4) is 0 Å². The summed E-state index contributed by atoms with van der Waals surface area (Å²) in [5.74, 6) is -0.553. The highest BCUT2D eigenvalue weighted by molar-refractivity contribution is 5.96. The van der Waals surface area contributed by atoms with Crippen LogP contribution in [0.5, 0.6) is 0 Å². The summed E-state index contributed by atoms with van der Waals surface area (Å²) in [4.78, 5) is 33.7. The minimum atomic E-state index is -1.53. The number of carbonyl (C=O) groups is 1. The predicted octanol–water partition coefficient (Wildman–Crippen LogP) is 5.14. The number of esters is 1. The maximum Gasteiger partial charge on any atom is 0.341 e. The van der Waals surface area contributed by atoms with Gasteiger partial charge in [-0.25, -0.2) is 4.79 Å². The Morgan fingerprint density at radius 3 is 2.11 bits per heavy atom. The number of nitro groups is 1. The van der Waals surface area contributed by atoms with E-state index in [1.54, 1.807) is 30.5 Å². The second-order valence-electron chi connectivity index (χ2n) is 8.32. The van der Waals surface area contributed by atoms with Crippen molar-refractivity contribution in [2.45, 2.75) is 33.3 Å². The zero-order valence-corrected chi connectivity index (χ0v) is 20.5. The molecule has 2 heterocycles. The number of nitro benzene ring substituents is 1. The van der Waals surface area contributed by atoms with E-state index in [1.807, 2.05) is 49.1 Å². The van der Waals surface area contributed by atoms with Gasteiger partial charge in [-0.15, -0.1) is 0 Å². The number of aromatic nitrogens is 1. The number of fused-ring (bicyclic) bond motifs is 1. The molecule has 1 atom stereocenters. The lowest BCUT2D eigenvalue weighted by molar-refractivity contribution is -0.386. The van der Waals surface area contributed by atoms with Crippen LogP contribution in [0.25, 0.3) is 0 Å².